The zero-order valence-corrected chi connectivity index (χ0v) is 12.2. The monoisotopic (exact) mass is 261 g/mol. The first kappa shape index (κ1) is 14.5. The molecule has 19 heavy (non-hydrogen) atoms. The molecule has 1 fully saturated rings. The first-order valence-electron chi connectivity index (χ1n) is 7.61. The predicted molar refractivity (Wildman–Crippen MR) is 80.1 cm³/mol. The molecule has 0 radical (unpaired) electrons. The summed E-state index contributed by atoms with van der Waals surface area (Å²) in [6.45, 7) is 4.91. The largest absolute Gasteiger partial charge is 0.395 e. The van der Waals surface area contributed by atoms with Crippen molar-refractivity contribution >= 4 is 0 Å². The highest BCUT2D eigenvalue weighted by molar-refractivity contribution is 5.16. The van der Waals surface area contributed by atoms with Gasteiger partial charge in [-0.1, -0.05) is 57.0 Å². The lowest BCUT2D eigenvalue weighted by molar-refractivity contribution is 0.164. The van der Waals surface area contributed by atoms with Gasteiger partial charge in [0.05, 0.1) is 6.61 Å². The summed E-state index contributed by atoms with van der Waals surface area (Å²) in [4.78, 5) is 0. The smallest absolute Gasteiger partial charge is 0.0587 e. The van der Waals surface area contributed by atoms with Gasteiger partial charge in [-0.25, -0.2) is 0 Å². The minimum Gasteiger partial charge on any atom is -0.395 e. The van der Waals surface area contributed by atoms with E-state index in [4.69, 9.17) is 0 Å². The van der Waals surface area contributed by atoms with Crippen LogP contribution in [-0.2, 0) is 6.42 Å². The minimum absolute atomic E-state index is 0.181. The summed E-state index contributed by atoms with van der Waals surface area (Å²) in [6, 6.07) is 11.2. The molecular weight excluding hydrogens is 234 g/mol. The van der Waals surface area contributed by atoms with Crippen molar-refractivity contribution < 1.29 is 5.11 Å². The standard InChI is InChI=1S/C17H27NO/c1-13-7-6-10-17(14(13)2)18-16(12-19)11-15-8-4-3-5-9-15/h3-5,8-9,13-14,16-19H,6-7,10-12H2,1-2H3/t13?,14?,16-,17?/m0/s1. The van der Waals surface area contributed by atoms with Crippen molar-refractivity contribution in [3.63, 3.8) is 0 Å². The maximum absolute atomic E-state index is 9.61. The molecular formula is C17H27NO. The molecule has 1 aliphatic carbocycles. The molecule has 2 nitrogen and oxygen atoms in total. The summed E-state index contributed by atoms with van der Waals surface area (Å²) in [7, 11) is 0. The van der Waals surface area contributed by atoms with Gasteiger partial charge < -0.3 is 10.4 Å². The number of hydrogen-bond acceptors (Lipinski definition) is 2. The number of rotatable bonds is 5. The minimum atomic E-state index is 0.181. The van der Waals surface area contributed by atoms with Crippen LogP contribution in [0, 0.1) is 11.8 Å². The van der Waals surface area contributed by atoms with E-state index in [1.54, 1.807) is 0 Å². The van der Waals surface area contributed by atoms with Crippen LogP contribution in [0.1, 0.15) is 38.7 Å². The predicted octanol–water partition coefficient (Wildman–Crippen LogP) is 3.00. The number of hydrogen-bond donors (Lipinski definition) is 2. The van der Waals surface area contributed by atoms with Gasteiger partial charge in [-0.2, -0.15) is 0 Å². The number of benzene rings is 1. The van der Waals surface area contributed by atoms with E-state index in [1.807, 2.05) is 6.07 Å². The Labute approximate surface area is 117 Å². The van der Waals surface area contributed by atoms with E-state index in [0.29, 0.717) is 12.0 Å². The molecule has 1 aliphatic rings. The molecule has 3 unspecified atom stereocenters. The second-order valence-corrected chi connectivity index (χ2v) is 6.11. The maximum Gasteiger partial charge on any atom is 0.0587 e. The lowest BCUT2D eigenvalue weighted by Gasteiger charge is -2.37. The molecule has 0 aromatic heterocycles. The van der Waals surface area contributed by atoms with Crippen LogP contribution in [0.15, 0.2) is 30.3 Å². The molecule has 1 aromatic carbocycles. The summed E-state index contributed by atoms with van der Waals surface area (Å²) < 4.78 is 0. The fourth-order valence-corrected chi connectivity index (χ4v) is 3.19. The topological polar surface area (TPSA) is 32.3 Å². The van der Waals surface area contributed by atoms with Crippen LogP contribution in [0.2, 0.25) is 0 Å². The van der Waals surface area contributed by atoms with E-state index < -0.39 is 0 Å². The summed E-state index contributed by atoms with van der Waals surface area (Å²) in [5, 5.41) is 13.3. The molecule has 0 spiro atoms. The van der Waals surface area contributed by atoms with Gasteiger partial charge in [0.25, 0.3) is 0 Å². The molecule has 0 saturated heterocycles. The van der Waals surface area contributed by atoms with Crippen LogP contribution in [0.5, 0.6) is 0 Å². The molecule has 1 aromatic rings. The van der Waals surface area contributed by atoms with Gasteiger partial charge in [-0.05, 0) is 30.2 Å². The first-order chi connectivity index (χ1) is 9.20. The molecule has 106 valence electrons. The second kappa shape index (κ2) is 7.06. The van der Waals surface area contributed by atoms with Crippen molar-refractivity contribution in [2.45, 2.75) is 51.6 Å². The van der Waals surface area contributed by atoms with Gasteiger partial charge in [-0.3, -0.25) is 0 Å². The van der Waals surface area contributed by atoms with Crippen molar-refractivity contribution in [1.82, 2.24) is 5.32 Å². The Kier molecular flexibility index (Phi) is 5.41. The third-order valence-corrected chi connectivity index (χ3v) is 4.70. The maximum atomic E-state index is 9.61. The van der Waals surface area contributed by atoms with Gasteiger partial charge in [-0.15, -0.1) is 0 Å². The van der Waals surface area contributed by atoms with Crippen molar-refractivity contribution in [3.8, 4) is 0 Å². The van der Waals surface area contributed by atoms with Crippen LogP contribution >= 0.6 is 0 Å². The highest BCUT2D eigenvalue weighted by atomic mass is 16.3. The molecule has 0 aliphatic heterocycles. The van der Waals surface area contributed by atoms with Crippen LogP contribution in [0.4, 0.5) is 0 Å². The average Bonchev–Trinajstić information content (AvgIpc) is 2.44. The summed E-state index contributed by atoms with van der Waals surface area (Å²) in [6.07, 6.45) is 4.82. The van der Waals surface area contributed by atoms with Gasteiger partial charge in [0.1, 0.15) is 0 Å². The molecule has 2 heteroatoms. The van der Waals surface area contributed by atoms with E-state index in [-0.39, 0.29) is 12.6 Å². The number of nitrogens with one attached hydrogen (secondary N) is 1. The Morgan fingerprint density at radius 3 is 2.63 bits per heavy atom. The van der Waals surface area contributed by atoms with E-state index in [2.05, 4.69) is 43.4 Å². The number of aliphatic hydroxyl groups excluding tert-OH is 1. The van der Waals surface area contributed by atoms with Crippen molar-refractivity contribution in [2.75, 3.05) is 6.61 Å². The fourth-order valence-electron chi connectivity index (χ4n) is 3.19. The van der Waals surface area contributed by atoms with Gasteiger partial charge in [0, 0.05) is 12.1 Å². The molecule has 4 atom stereocenters. The van der Waals surface area contributed by atoms with Crippen molar-refractivity contribution in [3.05, 3.63) is 35.9 Å². The summed E-state index contributed by atoms with van der Waals surface area (Å²) in [5.74, 6) is 1.50. The lowest BCUT2D eigenvalue weighted by atomic mass is 9.77. The average molecular weight is 261 g/mol. The fraction of sp³-hybridized carbons (Fsp3) is 0.647. The first-order valence-corrected chi connectivity index (χ1v) is 7.61. The zero-order valence-electron chi connectivity index (χ0n) is 12.2. The van der Waals surface area contributed by atoms with E-state index in [9.17, 15) is 5.11 Å². The molecule has 0 heterocycles. The van der Waals surface area contributed by atoms with E-state index in [1.165, 1.54) is 24.8 Å². The van der Waals surface area contributed by atoms with E-state index >= 15 is 0 Å². The Hall–Kier alpha value is -0.860. The van der Waals surface area contributed by atoms with Gasteiger partial charge in [0.15, 0.2) is 0 Å². The highest BCUT2D eigenvalue weighted by Gasteiger charge is 2.28. The third-order valence-electron chi connectivity index (χ3n) is 4.70. The molecule has 0 amide bonds. The molecule has 0 bridgehead atoms. The highest BCUT2D eigenvalue weighted by Crippen LogP contribution is 2.29. The van der Waals surface area contributed by atoms with Crippen molar-refractivity contribution in [1.29, 1.82) is 0 Å². The summed E-state index contributed by atoms with van der Waals surface area (Å²) >= 11 is 0. The Morgan fingerprint density at radius 1 is 1.21 bits per heavy atom. The van der Waals surface area contributed by atoms with Crippen LogP contribution in [-0.4, -0.2) is 23.8 Å². The summed E-state index contributed by atoms with van der Waals surface area (Å²) in [5.41, 5.74) is 1.30. The SMILES string of the molecule is CC1CCCC(N[C@H](CO)Cc2ccccc2)C1C. The Morgan fingerprint density at radius 2 is 1.95 bits per heavy atom. The zero-order chi connectivity index (χ0) is 13.7. The van der Waals surface area contributed by atoms with Crippen LogP contribution in [0.3, 0.4) is 0 Å². The lowest BCUT2D eigenvalue weighted by Crippen LogP contribution is -2.48. The Bertz CT molecular complexity index is 365. The molecule has 2 N–H and O–H groups in total. The van der Waals surface area contributed by atoms with Gasteiger partial charge >= 0.3 is 0 Å². The van der Waals surface area contributed by atoms with Crippen LogP contribution < -0.4 is 5.32 Å². The Balaban J connectivity index is 1.91. The van der Waals surface area contributed by atoms with Crippen molar-refractivity contribution in [2.24, 2.45) is 11.8 Å². The molecule has 1 saturated carbocycles. The normalized spacial score (nSPS) is 29.1. The number of aliphatic hydroxyl groups is 1. The third kappa shape index (κ3) is 4.05. The molecule has 2 rings (SSSR count). The van der Waals surface area contributed by atoms with E-state index in [0.717, 1.165) is 12.3 Å². The quantitative estimate of drug-likeness (QED) is 0.854. The van der Waals surface area contributed by atoms with Crippen LogP contribution in [0.25, 0.3) is 0 Å². The van der Waals surface area contributed by atoms with Gasteiger partial charge in [0.2, 0.25) is 0 Å². The second-order valence-electron chi connectivity index (χ2n) is 6.11.